The van der Waals surface area contributed by atoms with E-state index in [1.165, 1.54) is 45.6 Å². The summed E-state index contributed by atoms with van der Waals surface area (Å²) in [6.07, 6.45) is 8.64. The van der Waals surface area contributed by atoms with Crippen LogP contribution in [-0.4, -0.2) is 71.2 Å². The number of imidazole rings is 1. The van der Waals surface area contributed by atoms with Crippen molar-refractivity contribution in [3.8, 4) is 27.0 Å². The molecule has 2 aromatic heterocycles. The molecule has 3 aromatic rings. The molecule has 3 heterocycles. The number of ether oxygens (including phenoxy) is 1. The van der Waals surface area contributed by atoms with Crippen LogP contribution in [0.15, 0.2) is 42.9 Å². The lowest BCUT2D eigenvalue weighted by atomic mass is 10.1. The molecule has 6 nitrogen and oxygen atoms in total. The van der Waals surface area contributed by atoms with Crippen molar-refractivity contribution in [2.45, 2.75) is 19.4 Å². The van der Waals surface area contributed by atoms with Crippen LogP contribution in [0, 0.1) is 5.41 Å². The van der Waals surface area contributed by atoms with Crippen LogP contribution in [0.2, 0.25) is 0 Å². The first-order valence-corrected chi connectivity index (χ1v) is 11.5. The fourth-order valence-corrected chi connectivity index (χ4v) is 5.24. The Morgan fingerprint density at radius 2 is 1.93 bits per heavy atom. The molecule has 0 atom stereocenters. The van der Waals surface area contributed by atoms with Gasteiger partial charge in [0, 0.05) is 68.8 Å². The summed E-state index contributed by atoms with van der Waals surface area (Å²) in [5.74, 6) is 1.89. The third kappa shape index (κ3) is 4.15. The standard InChI is InChI=1S/C23H29N5OS/c1-26-10-12-27(13-11-26)16-23(6-7-23)17-28-9-8-24-21(28)20-15-25-22(30-20)18-4-3-5-19(14-18)29-2/h3-5,8-9,14-15H,6-7,10-13,16-17H2,1-2H3. The number of hydrogen-bond acceptors (Lipinski definition) is 6. The molecule has 1 aliphatic heterocycles. The average molecular weight is 424 g/mol. The zero-order valence-electron chi connectivity index (χ0n) is 17.8. The van der Waals surface area contributed by atoms with E-state index in [4.69, 9.17) is 4.74 Å². The van der Waals surface area contributed by atoms with Gasteiger partial charge in [0.2, 0.25) is 0 Å². The smallest absolute Gasteiger partial charge is 0.151 e. The van der Waals surface area contributed by atoms with Crippen molar-refractivity contribution in [2.75, 3.05) is 46.9 Å². The molecule has 0 spiro atoms. The lowest BCUT2D eigenvalue weighted by Gasteiger charge is -2.35. The first-order chi connectivity index (χ1) is 14.6. The zero-order valence-corrected chi connectivity index (χ0v) is 18.6. The molecule has 0 N–H and O–H groups in total. The normalized spacial score (nSPS) is 19.1. The molecule has 2 aliphatic rings. The lowest BCUT2D eigenvalue weighted by molar-refractivity contribution is 0.125. The summed E-state index contributed by atoms with van der Waals surface area (Å²) in [7, 11) is 3.91. The molecule has 158 valence electrons. The van der Waals surface area contributed by atoms with E-state index in [0.29, 0.717) is 5.41 Å². The highest BCUT2D eigenvalue weighted by Gasteiger charge is 2.44. The van der Waals surface area contributed by atoms with Gasteiger partial charge in [0.15, 0.2) is 5.82 Å². The van der Waals surface area contributed by atoms with Gasteiger partial charge in [-0.15, -0.1) is 11.3 Å². The van der Waals surface area contributed by atoms with Crippen LogP contribution in [0.1, 0.15) is 12.8 Å². The van der Waals surface area contributed by atoms with Crippen LogP contribution in [0.4, 0.5) is 0 Å². The molecular weight excluding hydrogens is 394 g/mol. The van der Waals surface area contributed by atoms with Crippen molar-refractivity contribution < 1.29 is 4.74 Å². The van der Waals surface area contributed by atoms with Crippen molar-refractivity contribution in [2.24, 2.45) is 5.41 Å². The van der Waals surface area contributed by atoms with Gasteiger partial charge < -0.3 is 19.1 Å². The highest BCUT2D eigenvalue weighted by atomic mass is 32.1. The van der Waals surface area contributed by atoms with Crippen molar-refractivity contribution in [1.29, 1.82) is 0 Å². The van der Waals surface area contributed by atoms with E-state index in [0.717, 1.165) is 33.6 Å². The fraction of sp³-hybridized carbons (Fsp3) is 0.478. The summed E-state index contributed by atoms with van der Waals surface area (Å²) < 4.78 is 7.70. The second-order valence-corrected chi connectivity index (χ2v) is 9.75. The summed E-state index contributed by atoms with van der Waals surface area (Å²) in [6.45, 7) is 6.99. The van der Waals surface area contributed by atoms with Crippen molar-refractivity contribution in [3.05, 3.63) is 42.9 Å². The Kier molecular flexibility index (Phi) is 5.35. The van der Waals surface area contributed by atoms with Gasteiger partial charge in [0.05, 0.1) is 12.0 Å². The largest absolute Gasteiger partial charge is 0.497 e. The van der Waals surface area contributed by atoms with E-state index in [9.17, 15) is 0 Å². The lowest BCUT2D eigenvalue weighted by Crippen LogP contribution is -2.46. The van der Waals surface area contributed by atoms with Crippen LogP contribution in [-0.2, 0) is 6.54 Å². The maximum Gasteiger partial charge on any atom is 0.151 e. The van der Waals surface area contributed by atoms with Crippen molar-refractivity contribution in [3.63, 3.8) is 0 Å². The molecule has 0 unspecified atom stereocenters. The Bertz CT molecular complexity index is 1000. The molecule has 1 saturated heterocycles. The zero-order chi connectivity index (χ0) is 20.6. The van der Waals surface area contributed by atoms with Gasteiger partial charge >= 0.3 is 0 Å². The van der Waals surface area contributed by atoms with Gasteiger partial charge in [-0.2, -0.15) is 0 Å². The monoisotopic (exact) mass is 423 g/mol. The van der Waals surface area contributed by atoms with Crippen LogP contribution in [0.5, 0.6) is 5.75 Å². The minimum absolute atomic E-state index is 0.408. The number of thiazole rings is 1. The van der Waals surface area contributed by atoms with E-state index in [1.807, 2.05) is 30.6 Å². The average Bonchev–Trinajstić information content (AvgIpc) is 3.15. The van der Waals surface area contributed by atoms with Gasteiger partial charge in [-0.1, -0.05) is 12.1 Å². The predicted octanol–water partition coefficient (Wildman–Crippen LogP) is 3.71. The predicted molar refractivity (Wildman–Crippen MR) is 121 cm³/mol. The van der Waals surface area contributed by atoms with E-state index >= 15 is 0 Å². The van der Waals surface area contributed by atoms with E-state index < -0.39 is 0 Å². The first kappa shape index (κ1) is 19.7. The number of nitrogens with zero attached hydrogens (tertiary/aromatic N) is 5. The maximum atomic E-state index is 5.36. The number of aromatic nitrogens is 3. The molecule has 2 fully saturated rings. The van der Waals surface area contributed by atoms with Crippen molar-refractivity contribution >= 4 is 11.3 Å². The Balaban J connectivity index is 1.31. The van der Waals surface area contributed by atoms with Crippen LogP contribution in [0.25, 0.3) is 21.3 Å². The van der Waals surface area contributed by atoms with Gasteiger partial charge in [-0.3, -0.25) is 0 Å². The Labute approximate surface area is 182 Å². The minimum Gasteiger partial charge on any atom is -0.497 e. The van der Waals surface area contributed by atoms with Gasteiger partial charge in [0.1, 0.15) is 10.8 Å². The van der Waals surface area contributed by atoms with Crippen molar-refractivity contribution in [1.82, 2.24) is 24.3 Å². The van der Waals surface area contributed by atoms with E-state index in [2.05, 4.69) is 43.6 Å². The van der Waals surface area contributed by atoms with Crippen LogP contribution in [0.3, 0.4) is 0 Å². The van der Waals surface area contributed by atoms with Gasteiger partial charge in [-0.25, -0.2) is 9.97 Å². The maximum absolute atomic E-state index is 5.36. The number of rotatable bonds is 7. The quantitative estimate of drug-likeness (QED) is 0.580. The molecule has 30 heavy (non-hydrogen) atoms. The third-order valence-electron chi connectivity index (χ3n) is 6.38. The van der Waals surface area contributed by atoms with Gasteiger partial charge in [-0.05, 0) is 32.0 Å². The minimum atomic E-state index is 0.408. The highest BCUT2D eigenvalue weighted by Crippen LogP contribution is 2.48. The summed E-state index contributed by atoms with van der Waals surface area (Å²) in [5.41, 5.74) is 1.49. The number of likely N-dealkylation sites (N-methyl/N-ethyl adjacent to an activating group) is 1. The summed E-state index contributed by atoms with van der Waals surface area (Å²) in [5, 5.41) is 0.997. The topological polar surface area (TPSA) is 46.4 Å². The molecule has 1 saturated carbocycles. The van der Waals surface area contributed by atoms with Crippen LogP contribution >= 0.6 is 11.3 Å². The Morgan fingerprint density at radius 3 is 2.70 bits per heavy atom. The van der Waals surface area contributed by atoms with Crippen LogP contribution < -0.4 is 4.74 Å². The van der Waals surface area contributed by atoms with E-state index in [-0.39, 0.29) is 0 Å². The number of benzene rings is 1. The molecule has 5 rings (SSSR count). The second kappa shape index (κ2) is 8.13. The molecule has 7 heteroatoms. The molecule has 0 radical (unpaired) electrons. The molecule has 1 aliphatic carbocycles. The molecule has 1 aromatic carbocycles. The summed E-state index contributed by atoms with van der Waals surface area (Å²) in [6, 6.07) is 8.07. The molecule has 0 amide bonds. The number of piperazine rings is 1. The van der Waals surface area contributed by atoms with Gasteiger partial charge in [0.25, 0.3) is 0 Å². The number of hydrogen-bond donors (Lipinski definition) is 0. The Hall–Kier alpha value is -2.22. The second-order valence-electron chi connectivity index (χ2n) is 8.72. The molecular formula is C23H29N5OS. The SMILES string of the molecule is COc1cccc(-c2ncc(-c3nccn3CC3(CN4CCN(C)CC4)CC3)s2)c1. The molecule has 0 bridgehead atoms. The fourth-order valence-electron chi connectivity index (χ4n) is 4.31. The first-order valence-electron chi connectivity index (χ1n) is 10.7. The highest BCUT2D eigenvalue weighted by molar-refractivity contribution is 7.18. The third-order valence-corrected chi connectivity index (χ3v) is 7.42. The summed E-state index contributed by atoms with van der Waals surface area (Å²) in [4.78, 5) is 15.5. The van der Waals surface area contributed by atoms with E-state index in [1.54, 1.807) is 18.4 Å². The summed E-state index contributed by atoms with van der Waals surface area (Å²) >= 11 is 1.69. The Morgan fingerprint density at radius 1 is 1.10 bits per heavy atom. The number of methoxy groups -OCH3 is 1.